The minimum atomic E-state index is -0.403. The predicted molar refractivity (Wildman–Crippen MR) is 76.2 cm³/mol. The molecule has 1 heterocycles. The van der Waals surface area contributed by atoms with Gasteiger partial charge >= 0.3 is 5.97 Å². The Morgan fingerprint density at radius 2 is 2.10 bits per heavy atom. The van der Waals surface area contributed by atoms with Crippen molar-refractivity contribution in [1.82, 2.24) is 0 Å². The Morgan fingerprint density at radius 3 is 2.86 bits per heavy atom. The number of ketones is 1. The standard InChI is InChI=1S/C16H17NO4/c1-21-16(20)11-8-15(19)17(9-11)12-5-6-13-10(7-12)3-2-4-14(13)18/h5-7,11H,2-4,8-9H2,1H3. The zero-order valence-corrected chi connectivity index (χ0v) is 11.9. The topological polar surface area (TPSA) is 63.7 Å². The maximum Gasteiger partial charge on any atom is 0.311 e. The van der Waals surface area contributed by atoms with Crippen molar-refractivity contribution in [2.75, 3.05) is 18.6 Å². The highest BCUT2D eigenvalue weighted by Gasteiger charge is 2.36. The second-order valence-electron chi connectivity index (χ2n) is 5.55. The molecule has 0 N–H and O–H groups in total. The Labute approximate surface area is 122 Å². The second kappa shape index (κ2) is 5.31. The Morgan fingerprint density at radius 1 is 1.29 bits per heavy atom. The molecule has 5 heteroatoms. The second-order valence-corrected chi connectivity index (χ2v) is 5.55. The van der Waals surface area contributed by atoms with Gasteiger partial charge in [-0.1, -0.05) is 0 Å². The van der Waals surface area contributed by atoms with Gasteiger partial charge in [-0.05, 0) is 36.6 Å². The summed E-state index contributed by atoms with van der Waals surface area (Å²) < 4.78 is 4.71. The van der Waals surface area contributed by atoms with Crippen LogP contribution in [0.1, 0.15) is 35.2 Å². The van der Waals surface area contributed by atoms with Crippen LogP contribution in [0.5, 0.6) is 0 Å². The summed E-state index contributed by atoms with van der Waals surface area (Å²) in [5.74, 6) is -0.658. The molecule has 5 nitrogen and oxygen atoms in total. The van der Waals surface area contributed by atoms with Gasteiger partial charge in [0, 0.05) is 30.6 Å². The number of amides is 1. The number of aryl methyl sites for hydroxylation is 1. The van der Waals surface area contributed by atoms with E-state index in [1.54, 1.807) is 17.0 Å². The Kier molecular flexibility index (Phi) is 3.49. The largest absolute Gasteiger partial charge is 0.469 e. The molecule has 0 aromatic heterocycles. The van der Waals surface area contributed by atoms with Crippen molar-refractivity contribution in [3.8, 4) is 0 Å². The van der Waals surface area contributed by atoms with Crippen molar-refractivity contribution < 1.29 is 19.1 Å². The van der Waals surface area contributed by atoms with Crippen LogP contribution in [-0.4, -0.2) is 31.3 Å². The molecule has 1 aliphatic heterocycles. The summed E-state index contributed by atoms with van der Waals surface area (Å²) in [5.41, 5.74) is 2.53. The van der Waals surface area contributed by atoms with Gasteiger partial charge in [0.1, 0.15) is 0 Å². The summed E-state index contributed by atoms with van der Waals surface area (Å²) in [7, 11) is 1.33. The third kappa shape index (κ3) is 2.44. The van der Waals surface area contributed by atoms with Gasteiger partial charge in [0.25, 0.3) is 0 Å². The lowest BCUT2D eigenvalue weighted by Gasteiger charge is -2.20. The van der Waals surface area contributed by atoms with Gasteiger partial charge in [0.05, 0.1) is 13.0 Å². The Hall–Kier alpha value is -2.17. The molecule has 1 saturated heterocycles. The molecule has 1 aliphatic carbocycles. The Bertz CT molecular complexity index is 623. The van der Waals surface area contributed by atoms with E-state index in [1.165, 1.54) is 7.11 Å². The third-order valence-corrected chi connectivity index (χ3v) is 4.21. The number of hydrogen-bond donors (Lipinski definition) is 0. The first-order valence-corrected chi connectivity index (χ1v) is 7.14. The molecule has 0 radical (unpaired) electrons. The van der Waals surface area contributed by atoms with E-state index < -0.39 is 5.92 Å². The van der Waals surface area contributed by atoms with E-state index >= 15 is 0 Å². The molecule has 3 rings (SSSR count). The van der Waals surface area contributed by atoms with Crippen LogP contribution in [0.25, 0.3) is 0 Å². The van der Waals surface area contributed by atoms with E-state index in [-0.39, 0.29) is 24.1 Å². The van der Waals surface area contributed by atoms with Gasteiger partial charge in [-0.3, -0.25) is 14.4 Å². The molecule has 0 bridgehead atoms. The summed E-state index contributed by atoms with van der Waals surface area (Å²) in [4.78, 5) is 37.1. The first kappa shape index (κ1) is 13.8. The van der Waals surface area contributed by atoms with Gasteiger partial charge in [-0.15, -0.1) is 0 Å². The smallest absolute Gasteiger partial charge is 0.311 e. The lowest BCUT2D eigenvalue weighted by atomic mass is 9.90. The number of nitrogens with zero attached hydrogens (tertiary/aromatic N) is 1. The van der Waals surface area contributed by atoms with Crippen LogP contribution in [-0.2, 0) is 20.7 Å². The number of rotatable bonds is 2. The van der Waals surface area contributed by atoms with Crippen LogP contribution in [0.3, 0.4) is 0 Å². The molecular weight excluding hydrogens is 270 g/mol. The molecule has 21 heavy (non-hydrogen) atoms. The SMILES string of the molecule is COC(=O)C1CC(=O)N(c2ccc3c(c2)CCCC3=O)C1. The summed E-state index contributed by atoms with van der Waals surface area (Å²) in [6, 6.07) is 5.49. The number of esters is 1. The van der Waals surface area contributed by atoms with Crippen molar-refractivity contribution in [3.05, 3.63) is 29.3 Å². The predicted octanol–water partition coefficient (Wildman–Crippen LogP) is 1.73. The number of carbonyl (C=O) groups excluding carboxylic acids is 3. The normalized spacial score (nSPS) is 21.4. The van der Waals surface area contributed by atoms with Crippen LogP contribution >= 0.6 is 0 Å². The van der Waals surface area contributed by atoms with E-state index in [0.717, 1.165) is 29.7 Å². The van der Waals surface area contributed by atoms with E-state index in [0.29, 0.717) is 13.0 Å². The Balaban J connectivity index is 1.86. The molecule has 1 amide bonds. The number of benzene rings is 1. The number of carbonyl (C=O) groups is 3. The quantitative estimate of drug-likeness (QED) is 0.777. The van der Waals surface area contributed by atoms with Gasteiger partial charge in [-0.25, -0.2) is 0 Å². The van der Waals surface area contributed by atoms with Gasteiger partial charge in [0.2, 0.25) is 5.91 Å². The van der Waals surface area contributed by atoms with Crippen LogP contribution in [0.2, 0.25) is 0 Å². The average molecular weight is 287 g/mol. The van der Waals surface area contributed by atoms with Crippen LogP contribution in [0, 0.1) is 5.92 Å². The summed E-state index contributed by atoms with van der Waals surface area (Å²) in [5, 5.41) is 0. The zero-order valence-electron chi connectivity index (χ0n) is 11.9. The average Bonchev–Trinajstić information content (AvgIpc) is 2.88. The summed E-state index contributed by atoms with van der Waals surface area (Å²) >= 11 is 0. The number of hydrogen-bond acceptors (Lipinski definition) is 4. The number of fused-ring (bicyclic) bond motifs is 1. The molecule has 1 unspecified atom stereocenters. The number of Topliss-reactive ketones (excluding diaryl/α,β-unsaturated/α-hetero) is 1. The highest BCUT2D eigenvalue weighted by molar-refractivity contribution is 6.02. The summed E-state index contributed by atoms with van der Waals surface area (Å²) in [6.07, 6.45) is 2.49. The van der Waals surface area contributed by atoms with E-state index in [1.807, 2.05) is 6.07 Å². The minimum Gasteiger partial charge on any atom is -0.469 e. The van der Waals surface area contributed by atoms with Crippen molar-refractivity contribution in [3.63, 3.8) is 0 Å². The van der Waals surface area contributed by atoms with Gasteiger partial charge < -0.3 is 9.64 Å². The van der Waals surface area contributed by atoms with Crippen molar-refractivity contribution in [1.29, 1.82) is 0 Å². The maximum absolute atomic E-state index is 12.1. The van der Waals surface area contributed by atoms with E-state index in [2.05, 4.69) is 0 Å². The highest BCUT2D eigenvalue weighted by atomic mass is 16.5. The van der Waals surface area contributed by atoms with Crippen LogP contribution in [0.15, 0.2) is 18.2 Å². The van der Waals surface area contributed by atoms with Crippen molar-refractivity contribution >= 4 is 23.3 Å². The first-order chi connectivity index (χ1) is 10.1. The lowest BCUT2D eigenvalue weighted by Crippen LogP contribution is -2.26. The molecule has 110 valence electrons. The number of ether oxygens (including phenoxy) is 1. The molecule has 0 saturated carbocycles. The molecule has 1 atom stereocenters. The van der Waals surface area contributed by atoms with Crippen molar-refractivity contribution in [2.24, 2.45) is 5.92 Å². The van der Waals surface area contributed by atoms with Crippen LogP contribution in [0.4, 0.5) is 5.69 Å². The molecule has 2 aliphatic rings. The van der Waals surface area contributed by atoms with Crippen molar-refractivity contribution in [2.45, 2.75) is 25.7 Å². The molecule has 1 aromatic carbocycles. The van der Waals surface area contributed by atoms with E-state index in [9.17, 15) is 14.4 Å². The first-order valence-electron chi connectivity index (χ1n) is 7.14. The third-order valence-electron chi connectivity index (χ3n) is 4.21. The zero-order chi connectivity index (χ0) is 15.0. The fourth-order valence-corrected chi connectivity index (χ4v) is 3.08. The molecular formula is C16H17NO4. The maximum atomic E-state index is 12.1. The number of anilines is 1. The fraction of sp³-hybridized carbons (Fsp3) is 0.438. The number of methoxy groups -OCH3 is 1. The molecule has 0 spiro atoms. The fourth-order valence-electron chi connectivity index (χ4n) is 3.08. The molecule has 1 aromatic rings. The van der Waals surface area contributed by atoms with Crippen LogP contribution < -0.4 is 4.90 Å². The molecule has 1 fully saturated rings. The minimum absolute atomic E-state index is 0.0764. The summed E-state index contributed by atoms with van der Waals surface area (Å²) in [6.45, 7) is 0.345. The van der Waals surface area contributed by atoms with E-state index in [4.69, 9.17) is 4.74 Å². The monoisotopic (exact) mass is 287 g/mol. The lowest BCUT2D eigenvalue weighted by molar-refractivity contribution is -0.145. The highest BCUT2D eigenvalue weighted by Crippen LogP contribution is 2.30. The van der Waals surface area contributed by atoms with Gasteiger partial charge in [0.15, 0.2) is 5.78 Å². The van der Waals surface area contributed by atoms with Gasteiger partial charge in [-0.2, -0.15) is 0 Å².